The fourth-order valence-corrected chi connectivity index (χ4v) is 3.16. The zero-order valence-electron chi connectivity index (χ0n) is 13.6. The third-order valence-corrected chi connectivity index (χ3v) is 4.50. The average molecular weight is 342 g/mol. The lowest BCUT2D eigenvalue weighted by atomic mass is 9.85. The third-order valence-electron chi connectivity index (χ3n) is 4.50. The number of hydrogen-bond donors (Lipinski definition) is 2. The maximum absolute atomic E-state index is 13.3. The van der Waals surface area contributed by atoms with Gasteiger partial charge in [-0.2, -0.15) is 0 Å². The van der Waals surface area contributed by atoms with E-state index in [1.165, 1.54) is 18.3 Å². The Morgan fingerprint density at radius 3 is 2.72 bits per heavy atom. The standard InChI is InChI=1S/C19H19FN2O3/c20-15-5-1-3-12(9-15)17-8-7-14(11-21-17)18(23)22-16-6-2-4-13(10-16)19(24)25/h1,3,5,7-9,11,13,16H,2,4,6,10H2,(H,22,23)(H,24,25)/t13-,16+/m1/s1. The van der Waals surface area contributed by atoms with E-state index in [1.54, 1.807) is 24.3 Å². The van der Waals surface area contributed by atoms with Gasteiger partial charge in [-0.3, -0.25) is 14.6 Å². The lowest BCUT2D eigenvalue weighted by Gasteiger charge is -2.27. The highest BCUT2D eigenvalue weighted by Gasteiger charge is 2.28. The summed E-state index contributed by atoms with van der Waals surface area (Å²) in [6, 6.07) is 9.28. The van der Waals surface area contributed by atoms with Crippen molar-refractivity contribution in [3.63, 3.8) is 0 Å². The molecule has 1 saturated carbocycles. The van der Waals surface area contributed by atoms with E-state index in [4.69, 9.17) is 5.11 Å². The van der Waals surface area contributed by atoms with Crippen molar-refractivity contribution < 1.29 is 19.1 Å². The maximum atomic E-state index is 13.3. The van der Waals surface area contributed by atoms with Crippen molar-refractivity contribution in [2.75, 3.05) is 0 Å². The number of hydrogen-bond acceptors (Lipinski definition) is 3. The lowest BCUT2D eigenvalue weighted by Crippen LogP contribution is -2.39. The van der Waals surface area contributed by atoms with E-state index < -0.39 is 11.9 Å². The van der Waals surface area contributed by atoms with E-state index in [9.17, 15) is 14.0 Å². The van der Waals surface area contributed by atoms with E-state index in [2.05, 4.69) is 10.3 Å². The number of carboxylic acid groups (broad SMARTS) is 1. The van der Waals surface area contributed by atoms with Gasteiger partial charge in [0.2, 0.25) is 0 Å². The Labute approximate surface area is 144 Å². The average Bonchev–Trinajstić information content (AvgIpc) is 2.62. The molecule has 1 aliphatic carbocycles. The number of rotatable bonds is 4. The summed E-state index contributed by atoms with van der Waals surface area (Å²) >= 11 is 0. The monoisotopic (exact) mass is 342 g/mol. The topological polar surface area (TPSA) is 79.3 Å². The van der Waals surface area contributed by atoms with Crippen LogP contribution in [-0.4, -0.2) is 28.0 Å². The van der Waals surface area contributed by atoms with Gasteiger partial charge in [0.15, 0.2) is 0 Å². The maximum Gasteiger partial charge on any atom is 0.306 e. The molecule has 0 radical (unpaired) electrons. The molecule has 0 saturated heterocycles. The highest BCUT2D eigenvalue weighted by atomic mass is 19.1. The zero-order chi connectivity index (χ0) is 17.8. The summed E-state index contributed by atoms with van der Waals surface area (Å²) in [4.78, 5) is 27.7. The van der Waals surface area contributed by atoms with Crippen molar-refractivity contribution >= 4 is 11.9 Å². The fraction of sp³-hybridized carbons (Fsp3) is 0.316. The van der Waals surface area contributed by atoms with Crippen LogP contribution in [0.3, 0.4) is 0 Å². The Morgan fingerprint density at radius 2 is 2.04 bits per heavy atom. The van der Waals surface area contributed by atoms with E-state index in [0.29, 0.717) is 29.7 Å². The van der Waals surface area contributed by atoms with Crippen LogP contribution in [0.2, 0.25) is 0 Å². The fourth-order valence-electron chi connectivity index (χ4n) is 3.16. The van der Waals surface area contributed by atoms with Gasteiger partial charge < -0.3 is 10.4 Å². The van der Waals surface area contributed by atoms with Crippen molar-refractivity contribution in [2.45, 2.75) is 31.7 Å². The number of benzene rings is 1. The summed E-state index contributed by atoms with van der Waals surface area (Å²) in [5.74, 6) is -1.81. The van der Waals surface area contributed by atoms with Crippen LogP contribution in [0.25, 0.3) is 11.3 Å². The van der Waals surface area contributed by atoms with Crippen molar-refractivity contribution in [3.8, 4) is 11.3 Å². The van der Waals surface area contributed by atoms with Crippen LogP contribution in [0, 0.1) is 11.7 Å². The first kappa shape index (κ1) is 17.1. The van der Waals surface area contributed by atoms with Crippen LogP contribution in [0.15, 0.2) is 42.6 Å². The second kappa shape index (κ2) is 7.42. The highest BCUT2D eigenvalue weighted by Crippen LogP contribution is 2.25. The van der Waals surface area contributed by atoms with Gasteiger partial charge in [0.1, 0.15) is 5.82 Å². The molecular formula is C19H19FN2O3. The predicted molar refractivity (Wildman–Crippen MR) is 90.5 cm³/mol. The number of amides is 1. The van der Waals surface area contributed by atoms with Crippen molar-refractivity contribution in [1.82, 2.24) is 10.3 Å². The molecule has 1 heterocycles. The second-order valence-electron chi connectivity index (χ2n) is 6.31. The number of carbonyl (C=O) groups excluding carboxylic acids is 1. The normalized spacial score (nSPS) is 20.0. The molecule has 1 aromatic carbocycles. The first-order chi connectivity index (χ1) is 12.0. The van der Waals surface area contributed by atoms with E-state index in [0.717, 1.165) is 12.8 Å². The number of halogens is 1. The van der Waals surface area contributed by atoms with Crippen LogP contribution in [0.4, 0.5) is 4.39 Å². The molecule has 1 aliphatic rings. The van der Waals surface area contributed by atoms with Gasteiger partial charge >= 0.3 is 5.97 Å². The number of carbonyl (C=O) groups is 2. The van der Waals surface area contributed by atoms with E-state index in [1.807, 2.05) is 0 Å². The minimum absolute atomic E-state index is 0.134. The van der Waals surface area contributed by atoms with Gasteiger partial charge in [-0.1, -0.05) is 18.6 Å². The molecule has 25 heavy (non-hydrogen) atoms. The summed E-state index contributed by atoms with van der Waals surface area (Å²) in [6.07, 6.45) is 4.14. The van der Waals surface area contributed by atoms with Crippen LogP contribution < -0.4 is 5.32 Å². The summed E-state index contributed by atoms with van der Waals surface area (Å²) in [6.45, 7) is 0. The molecule has 2 N–H and O–H groups in total. The molecule has 0 aliphatic heterocycles. The smallest absolute Gasteiger partial charge is 0.306 e. The molecule has 2 aromatic rings. The Bertz CT molecular complexity index is 776. The Kier molecular flexibility index (Phi) is 5.07. The SMILES string of the molecule is O=C(N[C@H]1CCC[C@@H](C(=O)O)C1)c1ccc(-c2cccc(F)c2)nc1. The Balaban J connectivity index is 1.66. The molecule has 0 spiro atoms. The number of carboxylic acids is 1. The van der Waals surface area contributed by atoms with Gasteiger partial charge in [0, 0.05) is 17.8 Å². The summed E-state index contributed by atoms with van der Waals surface area (Å²) in [7, 11) is 0. The molecular weight excluding hydrogens is 323 g/mol. The number of aliphatic carboxylic acids is 1. The van der Waals surface area contributed by atoms with Gasteiger partial charge in [-0.05, 0) is 43.5 Å². The molecule has 3 rings (SSSR count). The molecule has 5 nitrogen and oxygen atoms in total. The number of nitrogens with one attached hydrogen (secondary N) is 1. The number of pyridine rings is 1. The van der Waals surface area contributed by atoms with Gasteiger partial charge in [-0.15, -0.1) is 0 Å². The first-order valence-electron chi connectivity index (χ1n) is 8.28. The lowest BCUT2D eigenvalue weighted by molar-refractivity contribution is -0.143. The molecule has 1 aromatic heterocycles. The third kappa shape index (κ3) is 4.21. The molecule has 1 fully saturated rings. The van der Waals surface area contributed by atoms with Gasteiger partial charge in [0.05, 0.1) is 17.2 Å². The second-order valence-corrected chi connectivity index (χ2v) is 6.31. The van der Waals surface area contributed by atoms with Crippen molar-refractivity contribution in [3.05, 3.63) is 54.0 Å². The predicted octanol–water partition coefficient (Wildman–Crippen LogP) is 3.26. The van der Waals surface area contributed by atoms with Crippen LogP contribution >= 0.6 is 0 Å². The minimum atomic E-state index is -0.805. The molecule has 130 valence electrons. The quantitative estimate of drug-likeness (QED) is 0.894. The first-order valence-corrected chi connectivity index (χ1v) is 8.28. The molecule has 1 amide bonds. The van der Waals surface area contributed by atoms with Crippen LogP contribution in [0.1, 0.15) is 36.0 Å². The minimum Gasteiger partial charge on any atom is -0.481 e. The number of aromatic nitrogens is 1. The van der Waals surface area contributed by atoms with Gasteiger partial charge in [-0.25, -0.2) is 4.39 Å². The summed E-state index contributed by atoms with van der Waals surface area (Å²) in [5.41, 5.74) is 1.63. The molecule has 6 heteroatoms. The highest BCUT2D eigenvalue weighted by molar-refractivity contribution is 5.94. The van der Waals surface area contributed by atoms with Crippen LogP contribution in [0.5, 0.6) is 0 Å². The summed E-state index contributed by atoms with van der Waals surface area (Å²) in [5, 5.41) is 12.0. The molecule has 0 bridgehead atoms. The van der Waals surface area contributed by atoms with Crippen molar-refractivity contribution in [2.24, 2.45) is 5.92 Å². The Hall–Kier alpha value is -2.76. The van der Waals surface area contributed by atoms with Crippen molar-refractivity contribution in [1.29, 1.82) is 0 Å². The van der Waals surface area contributed by atoms with E-state index >= 15 is 0 Å². The molecule has 0 unspecified atom stereocenters. The zero-order valence-corrected chi connectivity index (χ0v) is 13.6. The summed E-state index contributed by atoms with van der Waals surface area (Å²) < 4.78 is 13.3. The van der Waals surface area contributed by atoms with E-state index in [-0.39, 0.29) is 17.8 Å². The Morgan fingerprint density at radius 1 is 1.20 bits per heavy atom. The molecule has 2 atom stereocenters. The van der Waals surface area contributed by atoms with Crippen LogP contribution in [-0.2, 0) is 4.79 Å². The number of nitrogens with zero attached hydrogens (tertiary/aromatic N) is 1. The largest absolute Gasteiger partial charge is 0.481 e. The van der Waals surface area contributed by atoms with Gasteiger partial charge in [0.25, 0.3) is 5.91 Å².